The number of fused-ring (bicyclic) bond motifs is 1. The number of methoxy groups -OCH3 is 1. The van der Waals surface area contributed by atoms with Crippen LogP contribution in [-0.2, 0) is 4.79 Å². The van der Waals surface area contributed by atoms with E-state index in [4.69, 9.17) is 9.47 Å². The first-order valence-corrected chi connectivity index (χ1v) is 10.3. The topological polar surface area (TPSA) is 73.3 Å². The number of amides is 1. The highest BCUT2D eigenvalue weighted by Crippen LogP contribution is 2.31. The molecule has 1 unspecified atom stereocenters. The van der Waals surface area contributed by atoms with Gasteiger partial charge in [-0.2, -0.15) is 0 Å². The predicted octanol–water partition coefficient (Wildman–Crippen LogP) is 5.08. The Morgan fingerprint density at radius 2 is 1.87 bits per heavy atom. The molecular weight excluding hydrogens is 398 g/mol. The molecular formula is C23H21N3O3S. The van der Waals surface area contributed by atoms with Gasteiger partial charge in [0.15, 0.2) is 6.10 Å². The van der Waals surface area contributed by atoms with E-state index in [1.165, 1.54) is 11.3 Å². The summed E-state index contributed by atoms with van der Waals surface area (Å²) in [5.74, 6) is 1.11. The molecule has 0 aliphatic rings. The van der Waals surface area contributed by atoms with Gasteiger partial charge in [-0.25, -0.2) is 9.97 Å². The molecule has 0 radical (unpaired) electrons. The number of anilines is 1. The Hall–Kier alpha value is -3.45. The van der Waals surface area contributed by atoms with Crippen LogP contribution in [0.2, 0.25) is 0 Å². The molecule has 2 heterocycles. The molecule has 0 saturated heterocycles. The molecule has 0 aliphatic heterocycles. The number of aryl methyl sites for hydroxylation is 1. The Morgan fingerprint density at radius 3 is 2.60 bits per heavy atom. The molecule has 0 fully saturated rings. The second kappa shape index (κ2) is 8.51. The van der Waals surface area contributed by atoms with Gasteiger partial charge in [0.2, 0.25) is 0 Å². The van der Waals surface area contributed by atoms with Crippen molar-refractivity contribution in [3.63, 3.8) is 0 Å². The van der Waals surface area contributed by atoms with Gasteiger partial charge >= 0.3 is 0 Å². The van der Waals surface area contributed by atoms with Crippen LogP contribution in [0.15, 0.2) is 60.8 Å². The zero-order valence-corrected chi connectivity index (χ0v) is 17.7. The summed E-state index contributed by atoms with van der Waals surface area (Å²) >= 11 is 1.53. The van der Waals surface area contributed by atoms with Crippen LogP contribution in [0.3, 0.4) is 0 Å². The molecule has 0 bridgehead atoms. The Labute approximate surface area is 178 Å². The maximum Gasteiger partial charge on any atom is 0.265 e. The first-order chi connectivity index (χ1) is 14.5. The summed E-state index contributed by atoms with van der Waals surface area (Å²) < 4.78 is 10.9. The van der Waals surface area contributed by atoms with Crippen molar-refractivity contribution in [3.05, 3.63) is 66.4 Å². The van der Waals surface area contributed by atoms with Gasteiger partial charge in [0.25, 0.3) is 5.91 Å². The minimum Gasteiger partial charge on any atom is -0.497 e. The summed E-state index contributed by atoms with van der Waals surface area (Å²) in [5.41, 5.74) is 3.49. The molecule has 1 N–H and O–H groups in total. The van der Waals surface area contributed by atoms with E-state index in [9.17, 15) is 4.79 Å². The summed E-state index contributed by atoms with van der Waals surface area (Å²) in [6.07, 6.45) is 1.10. The molecule has 4 rings (SSSR count). The van der Waals surface area contributed by atoms with Gasteiger partial charge in [-0.3, -0.25) is 4.79 Å². The molecule has 152 valence electrons. The van der Waals surface area contributed by atoms with Crippen LogP contribution in [0, 0.1) is 6.92 Å². The normalized spacial score (nSPS) is 11.8. The van der Waals surface area contributed by atoms with Gasteiger partial charge in [-0.1, -0.05) is 23.5 Å². The van der Waals surface area contributed by atoms with Crippen molar-refractivity contribution in [2.24, 2.45) is 0 Å². The molecule has 7 heteroatoms. The lowest BCUT2D eigenvalue weighted by atomic mass is 10.1. The SMILES string of the molecule is COc1ccc(OC(C)C(=O)Nc2cc(-c3nc4cccnc4s3)ccc2C)cc1. The van der Waals surface area contributed by atoms with Crippen molar-refractivity contribution in [1.29, 1.82) is 0 Å². The van der Waals surface area contributed by atoms with E-state index in [0.29, 0.717) is 5.75 Å². The van der Waals surface area contributed by atoms with Crippen molar-refractivity contribution in [2.45, 2.75) is 20.0 Å². The van der Waals surface area contributed by atoms with Crippen LogP contribution < -0.4 is 14.8 Å². The minimum absolute atomic E-state index is 0.225. The standard InChI is InChI=1S/C23H21N3O3S/c1-14-6-7-16(22-26-19-5-4-12-24-23(19)30-22)13-20(14)25-21(27)15(2)29-18-10-8-17(28-3)9-11-18/h4-13,15H,1-3H3,(H,25,27). The number of rotatable bonds is 6. The third-order valence-electron chi connectivity index (χ3n) is 4.65. The van der Waals surface area contributed by atoms with Crippen molar-refractivity contribution >= 4 is 33.3 Å². The predicted molar refractivity (Wildman–Crippen MR) is 119 cm³/mol. The zero-order chi connectivity index (χ0) is 21.1. The number of nitrogens with one attached hydrogen (secondary N) is 1. The second-order valence-electron chi connectivity index (χ2n) is 6.80. The average molecular weight is 420 g/mol. The number of benzene rings is 2. The second-order valence-corrected chi connectivity index (χ2v) is 7.78. The Bertz CT molecular complexity index is 1160. The fourth-order valence-electron chi connectivity index (χ4n) is 2.93. The fourth-order valence-corrected chi connectivity index (χ4v) is 3.83. The highest BCUT2D eigenvalue weighted by molar-refractivity contribution is 7.21. The number of ether oxygens (including phenoxy) is 2. The molecule has 1 atom stereocenters. The van der Waals surface area contributed by atoms with Crippen LogP contribution in [0.1, 0.15) is 12.5 Å². The fraction of sp³-hybridized carbons (Fsp3) is 0.174. The van der Waals surface area contributed by atoms with Gasteiger partial charge in [0.1, 0.15) is 26.9 Å². The summed E-state index contributed by atoms with van der Waals surface area (Å²) in [5, 5.41) is 3.83. The smallest absolute Gasteiger partial charge is 0.265 e. The third-order valence-corrected chi connectivity index (χ3v) is 5.68. The molecule has 30 heavy (non-hydrogen) atoms. The highest BCUT2D eigenvalue weighted by Gasteiger charge is 2.17. The number of aromatic nitrogens is 2. The largest absolute Gasteiger partial charge is 0.497 e. The number of hydrogen-bond donors (Lipinski definition) is 1. The maximum atomic E-state index is 12.7. The number of nitrogens with zero attached hydrogens (tertiary/aromatic N) is 2. The Morgan fingerprint density at radius 1 is 1.10 bits per heavy atom. The van der Waals surface area contributed by atoms with E-state index in [1.807, 2.05) is 37.3 Å². The monoisotopic (exact) mass is 419 g/mol. The van der Waals surface area contributed by atoms with Crippen LogP contribution >= 0.6 is 11.3 Å². The number of carbonyl (C=O) groups is 1. The molecule has 6 nitrogen and oxygen atoms in total. The number of carbonyl (C=O) groups excluding carboxylic acids is 1. The van der Waals surface area contributed by atoms with Gasteiger partial charge in [0.05, 0.1) is 7.11 Å². The maximum absolute atomic E-state index is 12.7. The van der Waals surface area contributed by atoms with E-state index >= 15 is 0 Å². The first-order valence-electron chi connectivity index (χ1n) is 9.47. The lowest BCUT2D eigenvalue weighted by Crippen LogP contribution is -2.30. The number of thiazole rings is 1. The summed E-state index contributed by atoms with van der Waals surface area (Å²) in [6, 6.07) is 16.9. The summed E-state index contributed by atoms with van der Waals surface area (Å²) in [6.45, 7) is 3.67. The molecule has 0 saturated carbocycles. The molecule has 0 aliphatic carbocycles. The van der Waals surface area contributed by atoms with E-state index in [1.54, 1.807) is 44.5 Å². The lowest BCUT2D eigenvalue weighted by Gasteiger charge is -2.16. The number of pyridine rings is 1. The highest BCUT2D eigenvalue weighted by atomic mass is 32.1. The van der Waals surface area contributed by atoms with Crippen molar-refractivity contribution in [2.75, 3.05) is 12.4 Å². The average Bonchev–Trinajstić information content (AvgIpc) is 3.20. The molecule has 2 aromatic carbocycles. The first kappa shape index (κ1) is 19.8. The van der Waals surface area contributed by atoms with Gasteiger partial charge in [-0.05, 0) is 61.9 Å². The van der Waals surface area contributed by atoms with E-state index in [2.05, 4.69) is 15.3 Å². The Balaban J connectivity index is 1.50. The van der Waals surface area contributed by atoms with Crippen LogP contribution in [0.4, 0.5) is 5.69 Å². The van der Waals surface area contributed by atoms with Gasteiger partial charge in [-0.15, -0.1) is 0 Å². The van der Waals surface area contributed by atoms with Gasteiger partial charge < -0.3 is 14.8 Å². The zero-order valence-electron chi connectivity index (χ0n) is 16.9. The van der Waals surface area contributed by atoms with E-state index in [0.717, 1.165) is 37.9 Å². The third kappa shape index (κ3) is 4.26. The van der Waals surface area contributed by atoms with Crippen LogP contribution in [0.25, 0.3) is 20.9 Å². The van der Waals surface area contributed by atoms with E-state index in [-0.39, 0.29) is 5.91 Å². The summed E-state index contributed by atoms with van der Waals surface area (Å²) in [7, 11) is 1.60. The van der Waals surface area contributed by atoms with Crippen LogP contribution in [-0.4, -0.2) is 29.1 Å². The van der Waals surface area contributed by atoms with Crippen molar-refractivity contribution in [3.8, 4) is 22.1 Å². The quantitative estimate of drug-likeness (QED) is 0.472. The van der Waals surface area contributed by atoms with Gasteiger partial charge in [0, 0.05) is 17.4 Å². The van der Waals surface area contributed by atoms with Crippen molar-refractivity contribution < 1.29 is 14.3 Å². The molecule has 2 aromatic heterocycles. The number of hydrogen-bond acceptors (Lipinski definition) is 6. The lowest BCUT2D eigenvalue weighted by molar-refractivity contribution is -0.122. The molecule has 1 amide bonds. The van der Waals surface area contributed by atoms with E-state index < -0.39 is 6.10 Å². The molecule has 4 aromatic rings. The molecule has 0 spiro atoms. The Kier molecular flexibility index (Phi) is 5.63. The summed E-state index contributed by atoms with van der Waals surface area (Å²) in [4.78, 5) is 22.6. The minimum atomic E-state index is -0.659. The van der Waals surface area contributed by atoms with Crippen LogP contribution in [0.5, 0.6) is 11.5 Å². The van der Waals surface area contributed by atoms with Crippen molar-refractivity contribution in [1.82, 2.24) is 9.97 Å².